The molecule has 3 aromatic rings. The van der Waals surface area contributed by atoms with E-state index >= 15 is 0 Å². The number of aliphatic hydroxyl groups is 2. The Hall–Kier alpha value is -2.42. The zero-order valence-corrected chi connectivity index (χ0v) is 13.2. The van der Waals surface area contributed by atoms with Crippen LogP contribution in [0.2, 0.25) is 0 Å². The molecule has 2 heteroatoms. The van der Waals surface area contributed by atoms with Crippen molar-refractivity contribution in [1.82, 2.24) is 0 Å². The van der Waals surface area contributed by atoms with Crippen molar-refractivity contribution in [2.24, 2.45) is 0 Å². The van der Waals surface area contributed by atoms with Crippen molar-refractivity contribution in [3.05, 3.63) is 105 Å². The lowest BCUT2D eigenvalue weighted by Gasteiger charge is -2.42. The average molecular weight is 314 g/mol. The van der Waals surface area contributed by atoms with Crippen molar-refractivity contribution < 1.29 is 10.2 Å². The van der Waals surface area contributed by atoms with Gasteiger partial charge in [-0.1, -0.05) is 60.7 Å². The maximum absolute atomic E-state index is 9.54. The lowest BCUT2D eigenvalue weighted by atomic mass is 9.61. The van der Waals surface area contributed by atoms with Crippen LogP contribution in [0.25, 0.3) is 0 Å². The first-order chi connectivity index (χ1) is 11.8. The maximum Gasteiger partial charge on any atom is 0.0681 e. The zero-order chi connectivity index (χ0) is 16.3. The fraction of sp³-hybridized carbons (Fsp3) is 0.182. The van der Waals surface area contributed by atoms with E-state index < -0.39 is 0 Å². The topological polar surface area (TPSA) is 40.5 Å². The van der Waals surface area contributed by atoms with Crippen LogP contribution < -0.4 is 0 Å². The van der Waals surface area contributed by atoms with Gasteiger partial charge in [-0.25, -0.2) is 0 Å². The molecule has 2 N–H and O–H groups in total. The Kier molecular flexibility index (Phi) is 2.93. The predicted octanol–water partition coefficient (Wildman–Crippen LogP) is 3.66. The van der Waals surface area contributed by atoms with Gasteiger partial charge in [0.15, 0.2) is 0 Å². The second-order valence-electron chi connectivity index (χ2n) is 6.74. The summed E-state index contributed by atoms with van der Waals surface area (Å²) in [5, 5.41) is 19.1. The molecule has 0 aliphatic heterocycles. The Morgan fingerprint density at radius 1 is 0.542 bits per heavy atom. The van der Waals surface area contributed by atoms with Gasteiger partial charge in [-0.15, -0.1) is 0 Å². The smallest absolute Gasteiger partial charge is 0.0681 e. The van der Waals surface area contributed by atoms with Gasteiger partial charge in [-0.05, 0) is 44.5 Å². The summed E-state index contributed by atoms with van der Waals surface area (Å²) in [5.74, 6) is 0.436. The monoisotopic (exact) mass is 314 g/mol. The minimum atomic E-state index is 0.0720. The van der Waals surface area contributed by atoms with Crippen LogP contribution in [-0.2, 0) is 13.2 Å². The summed E-state index contributed by atoms with van der Waals surface area (Å²) in [6.45, 7) is 0.144. The van der Waals surface area contributed by atoms with Gasteiger partial charge in [0.05, 0.1) is 13.2 Å². The summed E-state index contributed by atoms with van der Waals surface area (Å²) in [5.41, 5.74) is 9.96. The molecule has 3 aliphatic carbocycles. The molecule has 0 saturated heterocycles. The molecule has 2 unspecified atom stereocenters. The lowest BCUT2D eigenvalue weighted by Crippen LogP contribution is -2.27. The molecule has 2 bridgehead atoms. The molecule has 0 amide bonds. The van der Waals surface area contributed by atoms with E-state index in [1.165, 1.54) is 33.4 Å². The standard InChI is InChI=1S/C22H18O2/c23-11-13-6-8-18-19(9-13)21-15-3-1-2-4-16(15)22(18)20-10-14(12-24)5-7-17(20)21/h1-10,21-24H,11-12H2. The van der Waals surface area contributed by atoms with Crippen LogP contribution in [0.1, 0.15) is 56.3 Å². The highest BCUT2D eigenvalue weighted by Crippen LogP contribution is 2.55. The quantitative estimate of drug-likeness (QED) is 0.522. The van der Waals surface area contributed by atoms with Gasteiger partial charge in [-0.3, -0.25) is 0 Å². The second kappa shape index (κ2) is 5.04. The molecule has 2 atom stereocenters. The van der Waals surface area contributed by atoms with E-state index in [1.807, 2.05) is 12.1 Å². The van der Waals surface area contributed by atoms with E-state index in [1.54, 1.807) is 0 Å². The lowest BCUT2D eigenvalue weighted by molar-refractivity contribution is 0.281. The second-order valence-corrected chi connectivity index (χ2v) is 6.74. The Balaban J connectivity index is 1.83. The van der Waals surface area contributed by atoms with Crippen molar-refractivity contribution >= 4 is 0 Å². The summed E-state index contributed by atoms with van der Waals surface area (Å²) in [6.07, 6.45) is 0. The van der Waals surface area contributed by atoms with Gasteiger partial charge in [0.2, 0.25) is 0 Å². The number of hydrogen-bond donors (Lipinski definition) is 2. The molecule has 0 aromatic heterocycles. The van der Waals surface area contributed by atoms with E-state index in [0.29, 0.717) is 0 Å². The molecule has 3 aromatic carbocycles. The molecule has 6 rings (SSSR count). The highest BCUT2D eigenvalue weighted by atomic mass is 16.3. The molecule has 118 valence electrons. The Morgan fingerprint density at radius 3 is 1.38 bits per heavy atom. The molecule has 0 saturated carbocycles. The molecule has 3 aliphatic rings. The highest BCUT2D eigenvalue weighted by molar-refractivity contribution is 5.68. The van der Waals surface area contributed by atoms with E-state index in [2.05, 4.69) is 48.5 Å². The normalized spacial score (nSPS) is 19.6. The van der Waals surface area contributed by atoms with Gasteiger partial charge in [-0.2, -0.15) is 0 Å². The molecule has 24 heavy (non-hydrogen) atoms. The van der Waals surface area contributed by atoms with E-state index in [0.717, 1.165) is 11.1 Å². The van der Waals surface area contributed by atoms with Crippen LogP contribution in [0.4, 0.5) is 0 Å². The van der Waals surface area contributed by atoms with E-state index in [9.17, 15) is 10.2 Å². The highest BCUT2D eigenvalue weighted by Gasteiger charge is 2.41. The van der Waals surface area contributed by atoms with Gasteiger partial charge in [0.25, 0.3) is 0 Å². The first kappa shape index (κ1) is 14.0. The third-order valence-electron chi connectivity index (χ3n) is 5.53. The van der Waals surface area contributed by atoms with Crippen molar-refractivity contribution in [1.29, 1.82) is 0 Å². The predicted molar refractivity (Wildman–Crippen MR) is 93.1 cm³/mol. The Bertz CT molecular complexity index is 879. The largest absolute Gasteiger partial charge is 0.392 e. The molecule has 0 spiro atoms. The van der Waals surface area contributed by atoms with Gasteiger partial charge >= 0.3 is 0 Å². The Morgan fingerprint density at radius 2 is 0.958 bits per heavy atom. The van der Waals surface area contributed by atoms with E-state index in [-0.39, 0.29) is 25.0 Å². The molecule has 2 nitrogen and oxygen atoms in total. The minimum absolute atomic E-state index is 0.0720. The summed E-state index contributed by atoms with van der Waals surface area (Å²) >= 11 is 0. The minimum Gasteiger partial charge on any atom is -0.392 e. The van der Waals surface area contributed by atoms with Crippen molar-refractivity contribution in [2.75, 3.05) is 0 Å². The molecule has 0 heterocycles. The van der Waals surface area contributed by atoms with E-state index in [4.69, 9.17) is 0 Å². The van der Waals surface area contributed by atoms with Crippen LogP contribution in [0.3, 0.4) is 0 Å². The molecular weight excluding hydrogens is 296 g/mol. The van der Waals surface area contributed by atoms with Crippen LogP contribution >= 0.6 is 0 Å². The number of benzene rings is 3. The number of rotatable bonds is 2. The molecule has 0 fully saturated rings. The summed E-state index contributed by atoms with van der Waals surface area (Å²) in [7, 11) is 0. The third-order valence-corrected chi connectivity index (χ3v) is 5.53. The summed E-state index contributed by atoms with van der Waals surface area (Å²) in [4.78, 5) is 0. The first-order valence-corrected chi connectivity index (χ1v) is 8.38. The van der Waals surface area contributed by atoms with Gasteiger partial charge in [0, 0.05) is 11.8 Å². The van der Waals surface area contributed by atoms with Crippen LogP contribution in [0.5, 0.6) is 0 Å². The van der Waals surface area contributed by atoms with Gasteiger partial charge in [0.1, 0.15) is 0 Å². The molecule has 0 radical (unpaired) electrons. The van der Waals surface area contributed by atoms with Crippen LogP contribution in [-0.4, -0.2) is 10.2 Å². The maximum atomic E-state index is 9.54. The zero-order valence-electron chi connectivity index (χ0n) is 13.2. The SMILES string of the molecule is OCc1ccc2c(c1)C1c3ccccc3C2c2cc(CO)ccc21. The number of hydrogen-bond acceptors (Lipinski definition) is 2. The van der Waals surface area contributed by atoms with Crippen molar-refractivity contribution in [3.63, 3.8) is 0 Å². The first-order valence-electron chi connectivity index (χ1n) is 8.38. The summed E-state index contributed by atoms with van der Waals surface area (Å²) in [6, 6.07) is 21.4. The molecular formula is C22H18O2. The third kappa shape index (κ3) is 1.73. The Labute approximate surface area is 141 Å². The van der Waals surface area contributed by atoms with Crippen LogP contribution in [0.15, 0.2) is 60.7 Å². The van der Waals surface area contributed by atoms with Gasteiger partial charge < -0.3 is 10.2 Å². The average Bonchev–Trinajstić information content (AvgIpc) is 2.66. The van der Waals surface area contributed by atoms with Crippen LogP contribution in [0, 0.1) is 0 Å². The van der Waals surface area contributed by atoms with Crippen molar-refractivity contribution in [2.45, 2.75) is 25.0 Å². The van der Waals surface area contributed by atoms with Crippen molar-refractivity contribution in [3.8, 4) is 0 Å². The number of aliphatic hydroxyl groups excluding tert-OH is 2. The fourth-order valence-electron chi connectivity index (χ4n) is 4.51. The fourth-order valence-corrected chi connectivity index (χ4v) is 4.51. The summed E-state index contributed by atoms with van der Waals surface area (Å²) < 4.78 is 0.